The third kappa shape index (κ3) is 4.99. The van der Waals surface area contributed by atoms with Gasteiger partial charge in [0.25, 0.3) is 0 Å². The smallest absolute Gasteiger partial charge is 0.224 e. The molecule has 1 aliphatic heterocycles. The minimum Gasteiger partial charge on any atom is -0.486 e. The van der Waals surface area contributed by atoms with Crippen LogP contribution in [0.2, 0.25) is 0 Å². The van der Waals surface area contributed by atoms with E-state index in [1.54, 1.807) is 0 Å². The van der Waals surface area contributed by atoms with Crippen molar-refractivity contribution < 1.29 is 14.3 Å². The molecule has 2 aromatic carbocycles. The lowest BCUT2D eigenvalue weighted by Gasteiger charge is -2.19. The Labute approximate surface area is 149 Å². The van der Waals surface area contributed by atoms with Crippen molar-refractivity contribution in [3.05, 3.63) is 53.6 Å². The van der Waals surface area contributed by atoms with Crippen molar-refractivity contribution in [2.24, 2.45) is 0 Å². The van der Waals surface area contributed by atoms with E-state index in [0.717, 1.165) is 24.3 Å². The van der Waals surface area contributed by atoms with Crippen molar-refractivity contribution in [2.45, 2.75) is 39.0 Å². The number of hydrogen-bond acceptors (Lipinski definition) is 3. The molecule has 0 saturated heterocycles. The summed E-state index contributed by atoms with van der Waals surface area (Å²) in [6.07, 6.45) is 4.76. The van der Waals surface area contributed by atoms with Crippen LogP contribution in [0.5, 0.6) is 11.5 Å². The Bertz CT molecular complexity index is 710. The molecular weight excluding hydrogens is 314 g/mol. The van der Waals surface area contributed by atoms with Gasteiger partial charge in [-0.05, 0) is 42.5 Å². The molecule has 1 aliphatic rings. The van der Waals surface area contributed by atoms with Crippen molar-refractivity contribution in [1.82, 2.24) is 0 Å². The monoisotopic (exact) mass is 339 g/mol. The Kier molecular flexibility index (Phi) is 5.94. The highest BCUT2D eigenvalue weighted by Gasteiger charge is 2.12. The first-order valence-corrected chi connectivity index (χ1v) is 9.02. The van der Waals surface area contributed by atoms with Crippen LogP contribution < -0.4 is 14.8 Å². The Morgan fingerprint density at radius 2 is 1.64 bits per heavy atom. The van der Waals surface area contributed by atoms with Gasteiger partial charge in [0.2, 0.25) is 5.91 Å². The van der Waals surface area contributed by atoms with Crippen molar-refractivity contribution in [3.8, 4) is 11.5 Å². The Morgan fingerprint density at radius 1 is 0.960 bits per heavy atom. The number of fused-ring (bicyclic) bond motifs is 1. The number of carbonyl (C=O) groups is 1. The fraction of sp³-hybridized carbons (Fsp3) is 0.381. The number of carbonyl (C=O) groups excluding carboxylic acids is 1. The number of ether oxygens (including phenoxy) is 2. The molecule has 0 aromatic heterocycles. The molecule has 0 spiro atoms. The number of rotatable bonds is 7. The van der Waals surface area contributed by atoms with Gasteiger partial charge in [-0.2, -0.15) is 0 Å². The Balaban J connectivity index is 1.49. The lowest BCUT2D eigenvalue weighted by molar-refractivity contribution is -0.116. The molecule has 1 heterocycles. The van der Waals surface area contributed by atoms with Crippen LogP contribution in [0.25, 0.3) is 0 Å². The summed E-state index contributed by atoms with van der Waals surface area (Å²) in [7, 11) is 0. The zero-order valence-electron chi connectivity index (χ0n) is 14.7. The molecule has 1 N–H and O–H groups in total. The summed E-state index contributed by atoms with van der Waals surface area (Å²) < 4.78 is 11.0. The maximum Gasteiger partial charge on any atom is 0.224 e. The summed E-state index contributed by atoms with van der Waals surface area (Å²) in [4.78, 5) is 12.2. The normalized spacial score (nSPS) is 12.7. The topological polar surface area (TPSA) is 47.6 Å². The summed E-state index contributed by atoms with van der Waals surface area (Å²) in [6.45, 7) is 3.31. The zero-order chi connectivity index (χ0) is 17.5. The van der Waals surface area contributed by atoms with E-state index < -0.39 is 0 Å². The van der Waals surface area contributed by atoms with E-state index in [1.807, 2.05) is 18.2 Å². The predicted molar refractivity (Wildman–Crippen MR) is 99.4 cm³/mol. The molecule has 0 radical (unpaired) electrons. The molecule has 0 unspecified atom stereocenters. The molecule has 0 fully saturated rings. The average molecular weight is 339 g/mol. The van der Waals surface area contributed by atoms with E-state index in [2.05, 4.69) is 36.5 Å². The van der Waals surface area contributed by atoms with Crippen molar-refractivity contribution >= 4 is 11.6 Å². The first-order valence-electron chi connectivity index (χ1n) is 9.02. The summed E-state index contributed by atoms with van der Waals surface area (Å²) in [5.74, 6) is 1.42. The summed E-state index contributed by atoms with van der Waals surface area (Å²) in [5, 5.41) is 2.93. The van der Waals surface area contributed by atoms with Crippen LogP contribution in [0.1, 0.15) is 37.3 Å². The third-order valence-corrected chi connectivity index (χ3v) is 4.31. The second-order valence-electron chi connectivity index (χ2n) is 6.33. The van der Waals surface area contributed by atoms with Gasteiger partial charge in [-0.3, -0.25) is 4.79 Å². The molecule has 0 atom stereocenters. The van der Waals surface area contributed by atoms with Crippen LogP contribution in [-0.4, -0.2) is 19.1 Å². The van der Waals surface area contributed by atoms with Crippen molar-refractivity contribution in [2.75, 3.05) is 18.5 Å². The molecule has 1 amide bonds. The van der Waals surface area contributed by atoms with E-state index in [9.17, 15) is 4.79 Å². The van der Waals surface area contributed by atoms with Gasteiger partial charge in [0, 0.05) is 18.2 Å². The summed E-state index contributed by atoms with van der Waals surface area (Å²) >= 11 is 0. The fourth-order valence-electron chi connectivity index (χ4n) is 2.86. The van der Waals surface area contributed by atoms with Crippen LogP contribution in [0, 0.1) is 0 Å². The summed E-state index contributed by atoms with van der Waals surface area (Å²) in [5.41, 5.74) is 3.30. The number of anilines is 1. The molecule has 3 rings (SSSR count). The molecule has 132 valence electrons. The quantitative estimate of drug-likeness (QED) is 0.815. The SMILES string of the molecule is CCCCc1ccc(CCC(=O)Nc2ccc3c(c2)OCCO3)cc1. The molecule has 0 aliphatic carbocycles. The lowest BCUT2D eigenvalue weighted by atomic mass is 10.0. The van der Waals surface area contributed by atoms with Crippen LogP contribution >= 0.6 is 0 Å². The highest BCUT2D eigenvalue weighted by molar-refractivity contribution is 5.91. The number of amides is 1. The second-order valence-corrected chi connectivity index (χ2v) is 6.33. The molecular formula is C21H25NO3. The zero-order valence-corrected chi connectivity index (χ0v) is 14.7. The third-order valence-electron chi connectivity index (χ3n) is 4.31. The van der Waals surface area contributed by atoms with Crippen LogP contribution in [0.3, 0.4) is 0 Å². The van der Waals surface area contributed by atoms with Gasteiger partial charge < -0.3 is 14.8 Å². The predicted octanol–water partition coefficient (Wildman–Crippen LogP) is 4.37. The number of nitrogens with one attached hydrogen (secondary N) is 1. The van der Waals surface area contributed by atoms with Gasteiger partial charge in [-0.25, -0.2) is 0 Å². The number of aryl methyl sites for hydroxylation is 2. The standard InChI is InChI=1S/C21H25NO3/c1-2-3-4-16-5-7-17(8-6-16)9-12-21(23)22-18-10-11-19-20(15-18)25-14-13-24-19/h5-8,10-11,15H,2-4,9,12-14H2,1H3,(H,22,23). The van der Waals surface area contributed by atoms with E-state index >= 15 is 0 Å². The second kappa shape index (κ2) is 8.56. The highest BCUT2D eigenvalue weighted by Crippen LogP contribution is 2.32. The summed E-state index contributed by atoms with van der Waals surface area (Å²) in [6, 6.07) is 14.1. The van der Waals surface area contributed by atoms with Crippen LogP contribution in [0.15, 0.2) is 42.5 Å². The number of unbranched alkanes of at least 4 members (excludes halogenated alkanes) is 1. The molecule has 2 aromatic rings. The lowest BCUT2D eigenvalue weighted by Crippen LogP contribution is -2.16. The molecule has 4 nitrogen and oxygen atoms in total. The van der Waals surface area contributed by atoms with E-state index in [-0.39, 0.29) is 5.91 Å². The van der Waals surface area contributed by atoms with Gasteiger partial charge in [0.15, 0.2) is 11.5 Å². The van der Waals surface area contributed by atoms with Gasteiger partial charge in [0.1, 0.15) is 13.2 Å². The van der Waals surface area contributed by atoms with Gasteiger partial charge in [-0.1, -0.05) is 37.6 Å². The maximum absolute atomic E-state index is 12.2. The van der Waals surface area contributed by atoms with Crippen molar-refractivity contribution in [3.63, 3.8) is 0 Å². The highest BCUT2D eigenvalue weighted by atomic mass is 16.6. The Hall–Kier alpha value is -2.49. The average Bonchev–Trinajstić information content (AvgIpc) is 2.65. The molecule has 4 heteroatoms. The fourth-order valence-corrected chi connectivity index (χ4v) is 2.86. The van der Waals surface area contributed by atoms with Gasteiger partial charge in [0.05, 0.1) is 0 Å². The molecule has 25 heavy (non-hydrogen) atoms. The van der Waals surface area contributed by atoms with Gasteiger partial charge >= 0.3 is 0 Å². The Morgan fingerprint density at radius 3 is 2.36 bits per heavy atom. The van der Waals surface area contributed by atoms with Gasteiger partial charge in [-0.15, -0.1) is 0 Å². The first-order chi connectivity index (χ1) is 12.2. The molecule has 0 bridgehead atoms. The first kappa shape index (κ1) is 17.3. The van der Waals surface area contributed by atoms with E-state index in [1.165, 1.54) is 24.0 Å². The van der Waals surface area contributed by atoms with Crippen molar-refractivity contribution in [1.29, 1.82) is 0 Å². The maximum atomic E-state index is 12.2. The minimum atomic E-state index is 0.00624. The van der Waals surface area contributed by atoms with Crippen LogP contribution in [0.4, 0.5) is 5.69 Å². The molecule has 0 saturated carbocycles. The van der Waals surface area contributed by atoms with E-state index in [4.69, 9.17) is 9.47 Å². The minimum absolute atomic E-state index is 0.00624. The van der Waals surface area contributed by atoms with E-state index in [0.29, 0.717) is 25.4 Å². The number of benzene rings is 2. The largest absolute Gasteiger partial charge is 0.486 e. The van der Waals surface area contributed by atoms with Crippen LogP contribution in [-0.2, 0) is 17.6 Å². The number of hydrogen-bond donors (Lipinski definition) is 1.